The zero-order chi connectivity index (χ0) is 18.0. The van der Waals surface area contributed by atoms with Crippen LogP contribution in [0.15, 0.2) is 53.4 Å². The second kappa shape index (κ2) is 7.15. The molecule has 0 spiro atoms. The van der Waals surface area contributed by atoms with Gasteiger partial charge >= 0.3 is 0 Å². The summed E-state index contributed by atoms with van der Waals surface area (Å²) in [4.78, 5) is 14.1. The molecule has 5 nitrogen and oxygen atoms in total. The van der Waals surface area contributed by atoms with Gasteiger partial charge < -0.3 is 4.90 Å². The van der Waals surface area contributed by atoms with Gasteiger partial charge in [0.15, 0.2) is 0 Å². The number of nitrogens with one attached hydrogen (secondary N) is 1. The highest BCUT2D eigenvalue weighted by molar-refractivity contribution is 7.89. The lowest BCUT2D eigenvalue weighted by molar-refractivity contribution is -0.117. The normalized spacial score (nSPS) is 17.9. The van der Waals surface area contributed by atoms with Gasteiger partial charge in [0.05, 0.1) is 4.90 Å². The Morgan fingerprint density at radius 2 is 1.76 bits per heavy atom. The highest BCUT2D eigenvalue weighted by Gasteiger charge is 2.31. The van der Waals surface area contributed by atoms with Crippen LogP contribution in [-0.2, 0) is 14.8 Å². The van der Waals surface area contributed by atoms with Crippen LogP contribution in [0.2, 0.25) is 5.02 Å². The summed E-state index contributed by atoms with van der Waals surface area (Å²) in [6, 6.07) is 13.7. The molecule has 2 aromatic rings. The summed E-state index contributed by atoms with van der Waals surface area (Å²) in [6.07, 6.45) is 0.318. The number of hydrogen-bond acceptors (Lipinski definition) is 3. The first-order chi connectivity index (χ1) is 11.8. The number of anilines is 1. The fourth-order valence-electron chi connectivity index (χ4n) is 2.82. The van der Waals surface area contributed by atoms with Crippen molar-refractivity contribution in [1.82, 2.24) is 4.72 Å². The smallest absolute Gasteiger partial charge is 0.240 e. The largest absolute Gasteiger partial charge is 0.312 e. The monoisotopic (exact) mass is 378 g/mol. The quantitative estimate of drug-likeness (QED) is 0.869. The van der Waals surface area contributed by atoms with Gasteiger partial charge in [-0.3, -0.25) is 4.79 Å². The number of aryl methyl sites for hydroxylation is 1. The predicted molar refractivity (Wildman–Crippen MR) is 98.3 cm³/mol. The summed E-state index contributed by atoms with van der Waals surface area (Å²) < 4.78 is 27.3. The molecule has 1 aliphatic rings. The molecule has 1 fully saturated rings. The summed E-state index contributed by atoms with van der Waals surface area (Å²) in [5.41, 5.74) is 1.78. The average molecular weight is 379 g/mol. The summed E-state index contributed by atoms with van der Waals surface area (Å²) in [5.74, 6) is -0.0785. The molecule has 1 heterocycles. The highest BCUT2D eigenvalue weighted by Crippen LogP contribution is 2.26. The van der Waals surface area contributed by atoms with E-state index in [-0.39, 0.29) is 23.3 Å². The number of sulfonamides is 1. The van der Waals surface area contributed by atoms with Crippen molar-refractivity contribution in [2.45, 2.75) is 18.2 Å². The molecule has 132 valence electrons. The van der Waals surface area contributed by atoms with E-state index in [0.717, 1.165) is 11.3 Å². The van der Waals surface area contributed by atoms with Crippen molar-refractivity contribution in [2.75, 3.05) is 18.0 Å². The van der Waals surface area contributed by atoms with Crippen LogP contribution in [0, 0.1) is 12.8 Å². The fraction of sp³-hybridized carbons (Fsp3) is 0.278. The third-order valence-corrected chi connectivity index (χ3v) is 5.93. The molecule has 0 bridgehead atoms. The zero-order valence-corrected chi connectivity index (χ0v) is 15.3. The van der Waals surface area contributed by atoms with Gasteiger partial charge in [0.1, 0.15) is 0 Å². The summed E-state index contributed by atoms with van der Waals surface area (Å²) in [6.45, 7) is 2.61. The Morgan fingerprint density at radius 1 is 1.12 bits per heavy atom. The molecule has 2 aromatic carbocycles. The Bertz CT molecular complexity index is 864. The van der Waals surface area contributed by atoms with Gasteiger partial charge in [0.25, 0.3) is 0 Å². The SMILES string of the molecule is Cc1ccc(S(=O)(=O)NCC2CC(=O)N(c3ccc(Cl)cc3)C2)cc1. The van der Waals surface area contributed by atoms with Crippen LogP contribution in [0.25, 0.3) is 0 Å². The number of carbonyl (C=O) groups is 1. The third kappa shape index (κ3) is 4.21. The number of nitrogens with zero attached hydrogens (tertiary/aromatic N) is 1. The average Bonchev–Trinajstić information content (AvgIpc) is 2.95. The maximum atomic E-state index is 12.3. The Labute approximate surface area is 152 Å². The van der Waals surface area contributed by atoms with Gasteiger partial charge in [-0.1, -0.05) is 29.3 Å². The molecule has 1 amide bonds. The van der Waals surface area contributed by atoms with Crippen LogP contribution < -0.4 is 9.62 Å². The van der Waals surface area contributed by atoms with Gasteiger partial charge in [-0.2, -0.15) is 0 Å². The molecule has 0 radical (unpaired) electrons. The number of rotatable bonds is 5. The highest BCUT2D eigenvalue weighted by atomic mass is 35.5. The van der Waals surface area contributed by atoms with Crippen molar-refractivity contribution >= 4 is 33.2 Å². The van der Waals surface area contributed by atoms with E-state index < -0.39 is 10.0 Å². The Morgan fingerprint density at radius 3 is 2.40 bits per heavy atom. The Hall–Kier alpha value is -1.89. The molecule has 25 heavy (non-hydrogen) atoms. The van der Waals surface area contributed by atoms with Gasteiger partial charge in [-0.25, -0.2) is 13.1 Å². The zero-order valence-electron chi connectivity index (χ0n) is 13.8. The van der Waals surface area contributed by atoms with E-state index in [4.69, 9.17) is 11.6 Å². The second-order valence-electron chi connectivity index (χ2n) is 6.22. The van der Waals surface area contributed by atoms with E-state index in [9.17, 15) is 13.2 Å². The van der Waals surface area contributed by atoms with Crippen molar-refractivity contribution in [3.63, 3.8) is 0 Å². The predicted octanol–water partition coefficient (Wildman–Crippen LogP) is 2.98. The van der Waals surface area contributed by atoms with Crippen LogP contribution in [0.5, 0.6) is 0 Å². The molecular formula is C18H19ClN2O3S. The lowest BCUT2D eigenvalue weighted by Crippen LogP contribution is -2.31. The third-order valence-electron chi connectivity index (χ3n) is 4.24. The van der Waals surface area contributed by atoms with Gasteiger partial charge in [0, 0.05) is 30.2 Å². The van der Waals surface area contributed by atoms with Crippen LogP contribution in [-0.4, -0.2) is 27.4 Å². The van der Waals surface area contributed by atoms with Crippen LogP contribution in [0.3, 0.4) is 0 Å². The molecule has 1 saturated heterocycles. The van der Waals surface area contributed by atoms with Crippen LogP contribution in [0.1, 0.15) is 12.0 Å². The van der Waals surface area contributed by atoms with Crippen molar-refractivity contribution < 1.29 is 13.2 Å². The van der Waals surface area contributed by atoms with E-state index in [0.29, 0.717) is 18.0 Å². The number of carbonyl (C=O) groups excluding carboxylic acids is 1. The summed E-state index contributed by atoms with van der Waals surface area (Å²) >= 11 is 5.87. The van der Waals surface area contributed by atoms with Gasteiger partial charge in [0.2, 0.25) is 15.9 Å². The van der Waals surface area contributed by atoms with Gasteiger partial charge in [-0.15, -0.1) is 0 Å². The molecule has 1 aliphatic heterocycles. The lowest BCUT2D eigenvalue weighted by atomic mass is 10.1. The minimum absolute atomic E-state index is 0.0122. The van der Waals surface area contributed by atoms with Crippen molar-refractivity contribution in [3.8, 4) is 0 Å². The Balaban J connectivity index is 1.63. The molecule has 3 rings (SSSR count). The molecular weight excluding hydrogens is 360 g/mol. The molecule has 0 aromatic heterocycles. The number of amides is 1. The molecule has 1 unspecified atom stereocenters. The number of hydrogen-bond donors (Lipinski definition) is 1. The minimum Gasteiger partial charge on any atom is -0.312 e. The van der Waals surface area contributed by atoms with E-state index in [1.807, 2.05) is 6.92 Å². The van der Waals surface area contributed by atoms with E-state index >= 15 is 0 Å². The van der Waals surface area contributed by atoms with Crippen LogP contribution >= 0.6 is 11.6 Å². The molecule has 7 heteroatoms. The van der Waals surface area contributed by atoms with Crippen molar-refractivity contribution in [2.24, 2.45) is 5.92 Å². The maximum absolute atomic E-state index is 12.3. The lowest BCUT2D eigenvalue weighted by Gasteiger charge is -2.17. The second-order valence-corrected chi connectivity index (χ2v) is 8.42. The van der Waals surface area contributed by atoms with Crippen molar-refractivity contribution in [1.29, 1.82) is 0 Å². The first-order valence-electron chi connectivity index (χ1n) is 7.97. The van der Waals surface area contributed by atoms with E-state index in [2.05, 4.69) is 4.72 Å². The van der Waals surface area contributed by atoms with Gasteiger partial charge in [-0.05, 0) is 49.2 Å². The topological polar surface area (TPSA) is 66.5 Å². The molecule has 0 saturated carbocycles. The summed E-state index contributed by atoms with van der Waals surface area (Å²) in [7, 11) is -3.57. The van der Waals surface area contributed by atoms with Crippen LogP contribution in [0.4, 0.5) is 5.69 Å². The first-order valence-corrected chi connectivity index (χ1v) is 9.83. The maximum Gasteiger partial charge on any atom is 0.240 e. The summed E-state index contributed by atoms with van der Waals surface area (Å²) in [5, 5.41) is 0.609. The Kier molecular flexibility index (Phi) is 5.13. The van der Waals surface area contributed by atoms with E-state index in [1.54, 1.807) is 53.4 Å². The first kappa shape index (κ1) is 17.9. The fourth-order valence-corrected chi connectivity index (χ4v) is 4.06. The standard InChI is InChI=1S/C18H19ClN2O3S/c1-13-2-8-17(9-3-13)25(23,24)20-11-14-10-18(22)21(12-14)16-6-4-15(19)5-7-16/h2-9,14,20H,10-12H2,1H3. The molecule has 0 aliphatic carbocycles. The van der Waals surface area contributed by atoms with E-state index in [1.165, 1.54) is 0 Å². The van der Waals surface area contributed by atoms with Crippen molar-refractivity contribution in [3.05, 3.63) is 59.1 Å². The molecule has 1 N–H and O–H groups in total. The number of benzene rings is 2. The minimum atomic E-state index is -3.57. The number of halogens is 1. The molecule has 1 atom stereocenters.